The normalized spacial score (nSPS) is 20.3. The number of nitrogens with zero attached hydrogens (tertiary/aromatic N) is 2. The number of amides is 2. The van der Waals surface area contributed by atoms with Gasteiger partial charge < -0.3 is 10.2 Å². The summed E-state index contributed by atoms with van der Waals surface area (Å²) >= 11 is 1.66. The summed E-state index contributed by atoms with van der Waals surface area (Å²) in [7, 11) is 1.91. The topological polar surface area (TPSA) is 45.2 Å². The SMILES string of the molecule is Cc1csc(C(NC(=O)N(C)CC2CCC2)C2CC2)n1. The minimum atomic E-state index is 0.0571. The number of carbonyl (C=O) groups is 1. The molecule has 1 heterocycles. The van der Waals surface area contributed by atoms with Crippen molar-refractivity contribution in [3.8, 4) is 0 Å². The van der Waals surface area contributed by atoms with E-state index in [-0.39, 0.29) is 12.1 Å². The Balaban J connectivity index is 1.59. The van der Waals surface area contributed by atoms with Crippen LogP contribution in [0.25, 0.3) is 0 Å². The predicted octanol–water partition coefficient (Wildman–Crippen LogP) is 3.34. The van der Waals surface area contributed by atoms with Crippen molar-refractivity contribution in [1.29, 1.82) is 0 Å². The van der Waals surface area contributed by atoms with Crippen LogP contribution in [0, 0.1) is 18.8 Å². The van der Waals surface area contributed by atoms with Gasteiger partial charge in [0.15, 0.2) is 0 Å². The number of aryl methyl sites for hydroxylation is 1. The van der Waals surface area contributed by atoms with E-state index < -0.39 is 0 Å². The van der Waals surface area contributed by atoms with Gasteiger partial charge in [-0.3, -0.25) is 0 Å². The third-order valence-corrected chi connectivity index (χ3v) is 5.42. The minimum Gasteiger partial charge on any atom is -0.328 e. The summed E-state index contributed by atoms with van der Waals surface area (Å²) in [6.07, 6.45) is 6.28. The predicted molar refractivity (Wildman–Crippen MR) is 80.8 cm³/mol. The van der Waals surface area contributed by atoms with Crippen molar-refractivity contribution in [2.45, 2.75) is 45.1 Å². The van der Waals surface area contributed by atoms with Crippen LogP contribution in [0.5, 0.6) is 0 Å². The Kier molecular flexibility index (Phi) is 3.96. The molecule has 0 bridgehead atoms. The summed E-state index contributed by atoms with van der Waals surface area (Å²) in [5.74, 6) is 1.30. The second kappa shape index (κ2) is 5.72. The molecule has 0 spiro atoms. The standard InChI is InChI=1S/C15H23N3OS/c1-10-9-20-14(16-10)13(12-6-7-12)17-15(19)18(2)8-11-4-3-5-11/h9,11-13H,3-8H2,1-2H3,(H,17,19). The molecule has 2 amide bonds. The Morgan fingerprint density at radius 3 is 2.75 bits per heavy atom. The van der Waals surface area contributed by atoms with Crippen molar-refractivity contribution in [2.75, 3.05) is 13.6 Å². The molecule has 3 rings (SSSR count). The van der Waals surface area contributed by atoms with Crippen LogP contribution in [0.15, 0.2) is 5.38 Å². The molecule has 0 aromatic carbocycles. The van der Waals surface area contributed by atoms with Crippen molar-refractivity contribution in [3.63, 3.8) is 0 Å². The second-order valence-electron chi connectivity index (χ2n) is 6.27. The van der Waals surface area contributed by atoms with Crippen LogP contribution in [-0.2, 0) is 0 Å². The summed E-state index contributed by atoms with van der Waals surface area (Å²) in [6, 6.07) is 0.173. The number of nitrogens with one attached hydrogen (secondary N) is 1. The Labute approximate surface area is 124 Å². The van der Waals surface area contributed by atoms with Gasteiger partial charge in [0, 0.05) is 24.7 Å². The molecule has 1 atom stereocenters. The molecule has 1 N–H and O–H groups in total. The Morgan fingerprint density at radius 1 is 1.50 bits per heavy atom. The van der Waals surface area contributed by atoms with Gasteiger partial charge in [0.2, 0.25) is 0 Å². The first-order valence-corrected chi connectivity index (χ1v) is 8.45. The van der Waals surface area contributed by atoms with Crippen LogP contribution in [0.2, 0.25) is 0 Å². The Morgan fingerprint density at radius 2 is 2.25 bits per heavy atom. The van der Waals surface area contributed by atoms with E-state index in [2.05, 4.69) is 15.7 Å². The van der Waals surface area contributed by atoms with E-state index in [0.717, 1.165) is 17.2 Å². The lowest BCUT2D eigenvalue weighted by atomic mass is 9.85. The van der Waals surface area contributed by atoms with Crippen LogP contribution in [0.4, 0.5) is 4.79 Å². The number of thiazole rings is 1. The number of carbonyl (C=O) groups excluding carboxylic acids is 1. The highest BCUT2D eigenvalue weighted by Crippen LogP contribution is 2.42. The Hall–Kier alpha value is -1.10. The van der Waals surface area contributed by atoms with Gasteiger partial charge in [-0.25, -0.2) is 9.78 Å². The van der Waals surface area contributed by atoms with Gasteiger partial charge in [0.25, 0.3) is 0 Å². The molecule has 1 aromatic heterocycles. The van der Waals surface area contributed by atoms with E-state index >= 15 is 0 Å². The van der Waals surface area contributed by atoms with Gasteiger partial charge in [-0.05, 0) is 44.4 Å². The number of hydrogen-bond donors (Lipinski definition) is 1. The van der Waals surface area contributed by atoms with E-state index in [1.54, 1.807) is 11.3 Å². The molecule has 2 saturated carbocycles. The van der Waals surface area contributed by atoms with Gasteiger partial charge >= 0.3 is 6.03 Å². The lowest BCUT2D eigenvalue weighted by molar-refractivity contribution is 0.178. The molecule has 0 aliphatic heterocycles. The van der Waals surface area contributed by atoms with Gasteiger partial charge in [-0.15, -0.1) is 11.3 Å². The largest absolute Gasteiger partial charge is 0.328 e. The van der Waals surface area contributed by atoms with Crippen molar-refractivity contribution < 1.29 is 4.79 Å². The summed E-state index contributed by atoms with van der Waals surface area (Å²) in [5, 5.41) is 6.33. The summed E-state index contributed by atoms with van der Waals surface area (Å²) < 4.78 is 0. The number of urea groups is 1. The van der Waals surface area contributed by atoms with Gasteiger partial charge in [-0.2, -0.15) is 0 Å². The molecule has 0 radical (unpaired) electrons. The molecule has 4 nitrogen and oxygen atoms in total. The zero-order valence-corrected chi connectivity index (χ0v) is 13.1. The number of rotatable bonds is 5. The molecule has 1 unspecified atom stereocenters. The highest BCUT2D eigenvalue weighted by molar-refractivity contribution is 7.09. The molecule has 2 aliphatic rings. The second-order valence-corrected chi connectivity index (χ2v) is 7.16. The zero-order valence-electron chi connectivity index (χ0n) is 12.3. The maximum Gasteiger partial charge on any atom is 0.317 e. The quantitative estimate of drug-likeness (QED) is 0.905. The fourth-order valence-electron chi connectivity index (χ4n) is 2.71. The fraction of sp³-hybridized carbons (Fsp3) is 0.733. The number of aromatic nitrogens is 1. The number of hydrogen-bond acceptors (Lipinski definition) is 3. The maximum atomic E-state index is 12.3. The lowest BCUT2D eigenvalue weighted by Crippen LogP contribution is -2.43. The molecule has 110 valence electrons. The van der Waals surface area contributed by atoms with Gasteiger partial charge in [0.1, 0.15) is 5.01 Å². The molecule has 20 heavy (non-hydrogen) atoms. The smallest absolute Gasteiger partial charge is 0.317 e. The summed E-state index contributed by atoms with van der Waals surface area (Å²) in [5.41, 5.74) is 1.05. The van der Waals surface area contributed by atoms with Crippen LogP contribution in [-0.4, -0.2) is 29.5 Å². The molecule has 5 heteroatoms. The van der Waals surface area contributed by atoms with Crippen LogP contribution < -0.4 is 5.32 Å². The first kappa shape index (κ1) is 13.9. The summed E-state index contributed by atoms with van der Waals surface area (Å²) in [6.45, 7) is 2.90. The highest BCUT2D eigenvalue weighted by atomic mass is 32.1. The Bertz CT molecular complexity index is 479. The van der Waals surface area contributed by atoms with Crippen molar-refractivity contribution in [2.24, 2.45) is 11.8 Å². The van der Waals surface area contributed by atoms with E-state index in [4.69, 9.17) is 0 Å². The van der Waals surface area contributed by atoms with E-state index in [0.29, 0.717) is 11.8 Å². The zero-order chi connectivity index (χ0) is 14.1. The maximum absolute atomic E-state index is 12.3. The third-order valence-electron chi connectivity index (χ3n) is 4.38. The molecule has 0 saturated heterocycles. The van der Waals surface area contributed by atoms with E-state index in [1.165, 1.54) is 32.1 Å². The average Bonchev–Trinajstić information content (AvgIpc) is 3.12. The van der Waals surface area contributed by atoms with Crippen molar-refractivity contribution >= 4 is 17.4 Å². The molecular formula is C15H23N3OS. The van der Waals surface area contributed by atoms with Crippen LogP contribution in [0.1, 0.15) is 48.8 Å². The average molecular weight is 293 g/mol. The first-order valence-electron chi connectivity index (χ1n) is 7.57. The van der Waals surface area contributed by atoms with Crippen LogP contribution >= 0.6 is 11.3 Å². The van der Waals surface area contributed by atoms with E-state index in [9.17, 15) is 4.79 Å². The monoisotopic (exact) mass is 293 g/mol. The van der Waals surface area contributed by atoms with Crippen molar-refractivity contribution in [3.05, 3.63) is 16.1 Å². The fourth-order valence-corrected chi connectivity index (χ4v) is 3.65. The highest BCUT2D eigenvalue weighted by Gasteiger charge is 2.36. The molecule has 2 fully saturated rings. The van der Waals surface area contributed by atoms with Crippen LogP contribution in [0.3, 0.4) is 0 Å². The first-order chi connectivity index (χ1) is 9.63. The third kappa shape index (κ3) is 3.14. The van der Waals surface area contributed by atoms with Crippen molar-refractivity contribution in [1.82, 2.24) is 15.2 Å². The minimum absolute atomic E-state index is 0.0571. The molecular weight excluding hydrogens is 270 g/mol. The van der Waals surface area contributed by atoms with E-state index in [1.807, 2.05) is 18.9 Å². The summed E-state index contributed by atoms with van der Waals surface area (Å²) in [4.78, 5) is 18.7. The van der Waals surface area contributed by atoms with Gasteiger partial charge in [0.05, 0.1) is 6.04 Å². The lowest BCUT2D eigenvalue weighted by Gasteiger charge is -2.31. The molecule has 2 aliphatic carbocycles. The molecule has 1 aromatic rings. The van der Waals surface area contributed by atoms with Gasteiger partial charge in [-0.1, -0.05) is 6.42 Å².